The summed E-state index contributed by atoms with van der Waals surface area (Å²) in [5.74, 6) is 1.03. The Morgan fingerprint density at radius 3 is 2.52 bits per heavy atom. The summed E-state index contributed by atoms with van der Waals surface area (Å²) in [6.45, 7) is 0.589. The van der Waals surface area contributed by atoms with E-state index >= 15 is 0 Å². The summed E-state index contributed by atoms with van der Waals surface area (Å²) in [4.78, 5) is 23.9. The van der Waals surface area contributed by atoms with E-state index in [1.807, 2.05) is 18.2 Å². The molecular formula is C24H26O7. The van der Waals surface area contributed by atoms with Gasteiger partial charge in [0, 0.05) is 11.1 Å². The number of hydrogen-bond acceptors (Lipinski definition) is 7. The third-order valence-corrected chi connectivity index (χ3v) is 5.76. The highest BCUT2D eigenvalue weighted by Gasteiger charge is 2.25. The smallest absolute Gasteiger partial charge is 0.338 e. The van der Waals surface area contributed by atoms with Gasteiger partial charge in [0.2, 0.25) is 5.75 Å². The van der Waals surface area contributed by atoms with E-state index < -0.39 is 0 Å². The van der Waals surface area contributed by atoms with Crippen molar-refractivity contribution in [3.8, 4) is 28.4 Å². The quantitative estimate of drug-likeness (QED) is 0.463. The first-order valence-corrected chi connectivity index (χ1v) is 10.5. The van der Waals surface area contributed by atoms with Crippen LogP contribution >= 0.6 is 0 Å². The van der Waals surface area contributed by atoms with E-state index in [1.54, 1.807) is 26.4 Å². The Hall–Kier alpha value is -3.22. The van der Waals surface area contributed by atoms with E-state index in [0.717, 1.165) is 42.4 Å². The Balaban J connectivity index is 1.55. The van der Waals surface area contributed by atoms with Gasteiger partial charge < -0.3 is 23.7 Å². The van der Waals surface area contributed by atoms with Crippen molar-refractivity contribution >= 4 is 11.9 Å². The molecule has 31 heavy (non-hydrogen) atoms. The maximum absolute atomic E-state index is 12.1. The largest absolute Gasteiger partial charge is 0.493 e. The molecule has 7 nitrogen and oxygen atoms in total. The Kier molecular flexibility index (Phi) is 6.30. The fourth-order valence-electron chi connectivity index (χ4n) is 4.14. The standard InChI is InChI=1S/C24H26O7/c1-27-20-10-9-18(16-7-8-19-17(13-16)14-31-24(19)26)21(22(20)28-2)29-11-12-30-23(25)15-5-3-4-6-15/h7-10,13,15H,3-6,11-12,14H2,1-2H3. The maximum Gasteiger partial charge on any atom is 0.338 e. The molecule has 0 unspecified atom stereocenters. The third-order valence-electron chi connectivity index (χ3n) is 5.76. The Bertz CT molecular complexity index is 976. The second-order valence-electron chi connectivity index (χ2n) is 7.62. The Morgan fingerprint density at radius 1 is 1.00 bits per heavy atom. The van der Waals surface area contributed by atoms with E-state index in [9.17, 15) is 9.59 Å². The molecular weight excluding hydrogens is 400 g/mol. The lowest BCUT2D eigenvalue weighted by molar-refractivity contribution is -0.149. The molecule has 4 rings (SSSR count). The average molecular weight is 426 g/mol. The lowest BCUT2D eigenvalue weighted by atomic mass is 9.99. The summed E-state index contributed by atoms with van der Waals surface area (Å²) in [5, 5.41) is 0. The molecule has 1 heterocycles. The highest BCUT2D eigenvalue weighted by atomic mass is 16.6. The van der Waals surface area contributed by atoms with E-state index in [0.29, 0.717) is 22.8 Å². The summed E-state index contributed by atoms with van der Waals surface area (Å²) in [6, 6.07) is 9.19. The number of cyclic esters (lactones) is 1. The SMILES string of the molecule is COc1ccc(-c2ccc3c(c2)COC3=O)c(OCCOC(=O)C2CCCC2)c1OC. The molecule has 0 aromatic heterocycles. The summed E-state index contributed by atoms with van der Waals surface area (Å²) in [5.41, 5.74) is 3.04. The number of esters is 2. The number of carbonyl (C=O) groups excluding carboxylic acids is 2. The highest BCUT2D eigenvalue weighted by molar-refractivity contribution is 5.94. The summed E-state index contributed by atoms with van der Waals surface area (Å²) >= 11 is 0. The molecule has 1 aliphatic heterocycles. The molecule has 0 radical (unpaired) electrons. The van der Waals surface area contributed by atoms with E-state index in [-0.39, 0.29) is 37.7 Å². The van der Waals surface area contributed by atoms with Crippen LogP contribution in [0.3, 0.4) is 0 Å². The first kappa shape index (κ1) is 21.0. The van der Waals surface area contributed by atoms with Crippen molar-refractivity contribution in [3.05, 3.63) is 41.5 Å². The lowest BCUT2D eigenvalue weighted by Gasteiger charge is -2.18. The van der Waals surface area contributed by atoms with Gasteiger partial charge in [-0.25, -0.2) is 4.79 Å². The molecule has 2 aliphatic rings. The summed E-state index contributed by atoms with van der Waals surface area (Å²) in [7, 11) is 3.10. The second kappa shape index (κ2) is 9.29. The topological polar surface area (TPSA) is 80.3 Å². The number of ether oxygens (including phenoxy) is 5. The minimum absolute atomic E-state index is 0.0123. The van der Waals surface area contributed by atoms with Crippen LogP contribution in [0.1, 0.15) is 41.6 Å². The molecule has 0 saturated heterocycles. The van der Waals surface area contributed by atoms with Gasteiger partial charge in [0.15, 0.2) is 11.5 Å². The zero-order valence-corrected chi connectivity index (χ0v) is 17.8. The van der Waals surface area contributed by atoms with Crippen molar-refractivity contribution in [1.82, 2.24) is 0 Å². The van der Waals surface area contributed by atoms with E-state index in [2.05, 4.69) is 0 Å². The first-order chi connectivity index (χ1) is 15.1. The molecule has 1 saturated carbocycles. The van der Waals surface area contributed by atoms with Gasteiger partial charge in [-0.15, -0.1) is 0 Å². The number of hydrogen-bond donors (Lipinski definition) is 0. The van der Waals surface area contributed by atoms with Crippen LogP contribution in [0.2, 0.25) is 0 Å². The van der Waals surface area contributed by atoms with E-state index in [4.69, 9.17) is 23.7 Å². The van der Waals surface area contributed by atoms with Crippen molar-refractivity contribution in [3.63, 3.8) is 0 Å². The van der Waals surface area contributed by atoms with Crippen molar-refractivity contribution in [2.45, 2.75) is 32.3 Å². The van der Waals surface area contributed by atoms with Gasteiger partial charge >= 0.3 is 11.9 Å². The van der Waals surface area contributed by atoms with Crippen LogP contribution in [0.15, 0.2) is 30.3 Å². The molecule has 2 aromatic carbocycles. The number of methoxy groups -OCH3 is 2. The van der Waals surface area contributed by atoms with Crippen LogP contribution < -0.4 is 14.2 Å². The number of rotatable bonds is 8. The Morgan fingerprint density at radius 2 is 1.77 bits per heavy atom. The van der Waals surface area contributed by atoms with Crippen molar-refractivity contribution in [2.75, 3.05) is 27.4 Å². The fourth-order valence-corrected chi connectivity index (χ4v) is 4.14. The van der Waals surface area contributed by atoms with E-state index in [1.165, 1.54) is 0 Å². The summed E-state index contributed by atoms with van der Waals surface area (Å²) < 4.78 is 27.5. The zero-order valence-electron chi connectivity index (χ0n) is 17.8. The molecule has 0 spiro atoms. The van der Waals surface area contributed by atoms with Crippen molar-refractivity contribution < 1.29 is 33.3 Å². The monoisotopic (exact) mass is 426 g/mol. The predicted octanol–water partition coefficient (Wildman–Crippen LogP) is 4.15. The lowest BCUT2D eigenvalue weighted by Crippen LogP contribution is -2.18. The van der Waals surface area contributed by atoms with Crippen LogP contribution in [0.5, 0.6) is 17.2 Å². The van der Waals surface area contributed by atoms with Crippen molar-refractivity contribution in [1.29, 1.82) is 0 Å². The van der Waals surface area contributed by atoms with Gasteiger partial charge in [0.05, 0.1) is 25.7 Å². The maximum atomic E-state index is 12.1. The molecule has 0 amide bonds. The second-order valence-corrected chi connectivity index (χ2v) is 7.62. The molecule has 1 aliphatic carbocycles. The molecule has 0 bridgehead atoms. The van der Waals surface area contributed by atoms with Crippen LogP contribution in [0.25, 0.3) is 11.1 Å². The van der Waals surface area contributed by atoms with Gasteiger partial charge in [-0.3, -0.25) is 4.79 Å². The molecule has 0 N–H and O–H groups in total. The van der Waals surface area contributed by atoms with Gasteiger partial charge in [-0.1, -0.05) is 18.9 Å². The first-order valence-electron chi connectivity index (χ1n) is 10.5. The molecule has 7 heteroatoms. The third kappa shape index (κ3) is 4.31. The van der Waals surface area contributed by atoms with Crippen LogP contribution in [0, 0.1) is 5.92 Å². The molecule has 0 atom stereocenters. The number of benzene rings is 2. The van der Waals surface area contributed by atoms with Crippen LogP contribution in [0.4, 0.5) is 0 Å². The molecule has 164 valence electrons. The molecule has 1 fully saturated rings. The Labute approximate surface area is 181 Å². The average Bonchev–Trinajstić information content (AvgIpc) is 3.46. The predicted molar refractivity (Wildman–Crippen MR) is 113 cm³/mol. The van der Waals surface area contributed by atoms with Crippen molar-refractivity contribution in [2.24, 2.45) is 5.92 Å². The number of fused-ring (bicyclic) bond motifs is 1. The minimum atomic E-state index is -0.311. The fraction of sp³-hybridized carbons (Fsp3) is 0.417. The zero-order chi connectivity index (χ0) is 21.8. The highest BCUT2D eigenvalue weighted by Crippen LogP contribution is 2.45. The normalized spacial score (nSPS) is 15.4. The van der Waals surface area contributed by atoms with Crippen LogP contribution in [-0.2, 0) is 20.9 Å². The minimum Gasteiger partial charge on any atom is -0.493 e. The van der Waals surface area contributed by atoms with Gasteiger partial charge in [0.1, 0.15) is 19.8 Å². The summed E-state index contributed by atoms with van der Waals surface area (Å²) in [6.07, 6.45) is 3.96. The number of carbonyl (C=O) groups is 2. The molecule has 2 aromatic rings. The van der Waals surface area contributed by atoms with Crippen LogP contribution in [-0.4, -0.2) is 39.4 Å². The van der Waals surface area contributed by atoms with Gasteiger partial charge in [-0.2, -0.15) is 0 Å². The van der Waals surface area contributed by atoms with Gasteiger partial charge in [-0.05, 0) is 42.7 Å². The van der Waals surface area contributed by atoms with Gasteiger partial charge in [0.25, 0.3) is 0 Å².